The molecule has 0 N–H and O–H groups in total. The van der Waals surface area contributed by atoms with Crippen LogP contribution in [-0.2, 0) is 14.9 Å². The molecule has 0 saturated heterocycles. The maximum atomic E-state index is 12.8. The lowest BCUT2D eigenvalue weighted by molar-refractivity contribution is -0.129. The minimum Gasteiger partial charge on any atom is -0.402 e. The number of cyclic esters (lactones) is 1. The summed E-state index contributed by atoms with van der Waals surface area (Å²) >= 11 is 1.57. The quantitative estimate of drug-likeness (QED) is 0.217. The van der Waals surface area contributed by atoms with Gasteiger partial charge < -0.3 is 4.74 Å². The van der Waals surface area contributed by atoms with E-state index in [0.717, 1.165) is 37.5 Å². The molecule has 36 heavy (non-hydrogen) atoms. The minimum atomic E-state index is -0.458. The Hall–Kier alpha value is -3.70. The normalized spacial score (nSPS) is 14.9. The van der Waals surface area contributed by atoms with E-state index in [0.29, 0.717) is 5.90 Å². The number of esters is 1. The van der Waals surface area contributed by atoms with E-state index in [1.54, 1.807) is 17.8 Å². The van der Waals surface area contributed by atoms with Crippen molar-refractivity contribution in [2.75, 3.05) is 0 Å². The highest BCUT2D eigenvalue weighted by atomic mass is 32.2. The van der Waals surface area contributed by atoms with Crippen LogP contribution in [0.1, 0.15) is 48.6 Å². The minimum absolute atomic E-state index is 0.0463. The highest BCUT2D eigenvalue weighted by molar-refractivity contribution is 7.99. The van der Waals surface area contributed by atoms with E-state index in [4.69, 9.17) is 9.72 Å². The third kappa shape index (κ3) is 5.12. The average Bonchev–Trinajstić information content (AvgIpc) is 3.20. The van der Waals surface area contributed by atoms with Crippen LogP contribution in [0.4, 0.5) is 0 Å². The highest BCUT2D eigenvalue weighted by Crippen LogP contribution is 2.34. The molecule has 180 valence electrons. The number of carbonyl (C=O) groups excluding carboxylic acids is 1. The van der Waals surface area contributed by atoms with Gasteiger partial charge in [0.25, 0.3) is 0 Å². The molecule has 0 atom stereocenters. The van der Waals surface area contributed by atoms with Crippen molar-refractivity contribution < 1.29 is 9.53 Å². The lowest BCUT2D eigenvalue weighted by Crippen LogP contribution is -2.11. The molecule has 0 saturated carbocycles. The molecule has 4 nitrogen and oxygen atoms in total. The molecule has 0 fully saturated rings. The van der Waals surface area contributed by atoms with Crippen molar-refractivity contribution >= 4 is 40.6 Å². The number of carbonyl (C=O) groups is 1. The first-order valence-corrected chi connectivity index (χ1v) is 12.8. The van der Waals surface area contributed by atoms with Gasteiger partial charge in [-0.3, -0.25) is 0 Å². The van der Waals surface area contributed by atoms with Gasteiger partial charge in [0.2, 0.25) is 5.90 Å². The molecule has 0 unspecified atom stereocenters. The van der Waals surface area contributed by atoms with Crippen LogP contribution in [-0.4, -0.2) is 16.9 Å². The van der Waals surface area contributed by atoms with E-state index in [2.05, 4.69) is 94.2 Å². The molecule has 4 aromatic rings. The number of hydrogen-bond acceptors (Lipinski definition) is 5. The van der Waals surface area contributed by atoms with Crippen molar-refractivity contribution in [2.24, 2.45) is 4.99 Å². The summed E-state index contributed by atoms with van der Waals surface area (Å²) in [6.45, 7) is 10.6. The Balaban J connectivity index is 1.55. The fraction of sp³-hybridized carbons (Fsp3) is 0.194. The molecule has 5 rings (SSSR count). The van der Waals surface area contributed by atoms with E-state index in [9.17, 15) is 4.79 Å². The molecular formula is C31H28N2O2S. The monoisotopic (exact) mass is 492 g/mol. The summed E-state index contributed by atoms with van der Waals surface area (Å²) in [5.41, 5.74) is 6.40. The smallest absolute Gasteiger partial charge is 0.363 e. The zero-order valence-electron chi connectivity index (χ0n) is 21.1. The first-order chi connectivity index (χ1) is 17.2. The topological polar surface area (TPSA) is 51.6 Å². The van der Waals surface area contributed by atoms with Gasteiger partial charge in [-0.05, 0) is 73.4 Å². The van der Waals surface area contributed by atoms with Gasteiger partial charge in [0, 0.05) is 21.4 Å². The first-order valence-electron chi connectivity index (χ1n) is 12.0. The molecule has 1 aromatic heterocycles. The standard InChI is InChI=1S/C31H28N2O2S/c1-19-6-13-25(14-7-19)36-29-23(17-22-16-20(2)8-15-26(22)33-29)18-27-30(34)35-28(32-27)21-9-11-24(12-10-21)31(3,4)5/h6-18H,1-5H3. The van der Waals surface area contributed by atoms with E-state index < -0.39 is 5.97 Å². The van der Waals surface area contributed by atoms with Crippen LogP contribution in [0.3, 0.4) is 0 Å². The number of aryl methyl sites for hydroxylation is 2. The summed E-state index contributed by atoms with van der Waals surface area (Å²) in [5.74, 6) is -0.135. The van der Waals surface area contributed by atoms with Gasteiger partial charge in [-0.15, -0.1) is 0 Å². The first kappa shape index (κ1) is 24.0. The summed E-state index contributed by atoms with van der Waals surface area (Å²) in [5, 5.41) is 1.83. The Morgan fingerprint density at radius 3 is 2.25 bits per heavy atom. The molecule has 0 radical (unpaired) electrons. The van der Waals surface area contributed by atoms with Crippen molar-refractivity contribution in [2.45, 2.75) is 50.0 Å². The second kappa shape index (κ2) is 9.40. The van der Waals surface area contributed by atoms with E-state index in [-0.39, 0.29) is 11.1 Å². The van der Waals surface area contributed by atoms with Crippen LogP contribution in [0.2, 0.25) is 0 Å². The van der Waals surface area contributed by atoms with Gasteiger partial charge in [-0.2, -0.15) is 0 Å². The molecule has 2 heterocycles. The fourth-order valence-electron chi connectivity index (χ4n) is 3.99. The Morgan fingerprint density at radius 1 is 0.861 bits per heavy atom. The zero-order chi connectivity index (χ0) is 25.4. The molecule has 0 bridgehead atoms. The van der Waals surface area contributed by atoms with Gasteiger partial charge >= 0.3 is 5.97 Å². The predicted molar refractivity (Wildman–Crippen MR) is 148 cm³/mol. The van der Waals surface area contributed by atoms with Crippen molar-refractivity contribution in [3.05, 3.63) is 106 Å². The number of ether oxygens (including phenoxy) is 1. The molecule has 0 amide bonds. The zero-order valence-corrected chi connectivity index (χ0v) is 21.9. The number of nitrogens with zero attached hydrogens (tertiary/aromatic N) is 2. The van der Waals surface area contributed by atoms with Crippen molar-refractivity contribution in [3.8, 4) is 0 Å². The van der Waals surface area contributed by atoms with E-state index >= 15 is 0 Å². The maximum absolute atomic E-state index is 12.8. The molecule has 5 heteroatoms. The summed E-state index contributed by atoms with van der Waals surface area (Å²) < 4.78 is 5.55. The number of aliphatic imine (C=N–C) groups is 1. The highest BCUT2D eigenvalue weighted by Gasteiger charge is 2.25. The van der Waals surface area contributed by atoms with Crippen LogP contribution in [0, 0.1) is 13.8 Å². The lowest BCUT2D eigenvalue weighted by Gasteiger charge is -2.18. The Labute approximate surface area is 216 Å². The molecule has 0 aliphatic carbocycles. The number of fused-ring (bicyclic) bond motifs is 1. The summed E-state index contributed by atoms with van der Waals surface area (Å²) in [7, 11) is 0. The summed E-state index contributed by atoms with van der Waals surface area (Å²) in [6.07, 6.45) is 1.78. The third-order valence-electron chi connectivity index (χ3n) is 6.11. The van der Waals surface area contributed by atoms with Gasteiger partial charge in [0.05, 0.1) is 5.52 Å². The number of rotatable bonds is 4. The van der Waals surface area contributed by atoms with E-state index in [1.165, 1.54) is 11.1 Å². The lowest BCUT2D eigenvalue weighted by atomic mass is 9.87. The SMILES string of the molecule is Cc1ccc(Sc2nc3ccc(C)cc3cc2C=C2N=C(c3ccc(C(C)(C)C)cc3)OC2=O)cc1. The summed E-state index contributed by atoms with van der Waals surface area (Å²) in [4.78, 5) is 23.3. The predicted octanol–water partition coefficient (Wildman–Crippen LogP) is 7.64. The molecule has 1 aliphatic heterocycles. The average molecular weight is 493 g/mol. The Morgan fingerprint density at radius 2 is 1.56 bits per heavy atom. The van der Waals surface area contributed by atoms with Crippen molar-refractivity contribution in [1.29, 1.82) is 0 Å². The molecule has 1 aliphatic rings. The van der Waals surface area contributed by atoms with Crippen LogP contribution in [0.5, 0.6) is 0 Å². The van der Waals surface area contributed by atoms with Crippen molar-refractivity contribution in [3.63, 3.8) is 0 Å². The fourth-order valence-corrected chi connectivity index (χ4v) is 4.87. The number of aromatic nitrogens is 1. The van der Waals surface area contributed by atoms with Crippen LogP contribution >= 0.6 is 11.8 Å². The second-order valence-electron chi connectivity index (χ2n) is 10.2. The largest absolute Gasteiger partial charge is 0.402 e. The maximum Gasteiger partial charge on any atom is 0.363 e. The number of pyridine rings is 1. The Kier molecular flexibility index (Phi) is 6.27. The third-order valence-corrected chi connectivity index (χ3v) is 7.14. The number of hydrogen-bond donors (Lipinski definition) is 0. The van der Waals surface area contributed by atoms with Crippen molar-refractivity contribution in [1.82, 2.24) is 4.98 Å². The molecular weight excluding hydrogens is 464 g/mol. The van der Waals surface area contributed by atoms with Gasteiger partial charge in [-0.25, -0.2) is 14.8 Å². The van der Waals surface area contributed by atoms with Crippen LogP contribution in [0.15, 0.2) is 93.4 Å². The van der Waals surface area contributed by atoms with Gasteiger partial charge in [-0.1, -0.05) is 74.0 Å². The van der Waals surface area contributed by atoms with Gasteiger partial charge in [0.15, 0.2) is 5.70 Å². The number of benzene rings is 3. The molecule has 0 spiro atoms. The molecule has 3 aromatic carbocycles. The van der Waals surface area contributed by atoms with Crippen LogP contribution < -0.4 is 0 Å². The van der Waals surface area contributed by atoms with E-state index in [1.807, 2.05) is 18.2 Å². The summed E-state index contributed by atoms with van der Waals surface area (Å²) in [6, 6.07) is 24.6. The van der Waals surface area contributed by atoms with Crippen LogP contribution in [0.25, 0.3) is 17.0 Å². The Bertz CT molecular complexity index is 1530. The second-order valence-corrected chi connectivity index (χ2v) is 11.2. The van der Waals surface area contributed by atoms with Gasteiger partial charge in [0.1, 0.15) is 5.03 Å².